The molecule has 0 aromatic carbocycles. The SMILES string of the molecule is COC(C)(C)C.O.c1cc2oc(COCCC3CCNCC3)cc2cn1. The summed E-state index contributed by atoms with van der Waals surface area (Å²) in [5, 5.41) is 4.43. The second kappa shape index (κ2) is 11.3. The van der Waals surface area contributed by atoms with E-state index in [1.165, 1.54) is 12.8 Å². The molecule has 0 amide bonds. The molecule has 6 nitrogen and oxygen atoms in total. The first-order valence-corrected chi connectivity index (χ1v) is 9.14. The number of rotatable bonds is 5. The molecular weight excluding hydrogens is 332 g/mol. The summed E-state index contributed by atoms with van der Waals surface area (Å²) in [5.41, 5.74) is 0.923. The molecule has 0 spiro atoms. The minimum atomic E-state index is 0. The summed E-state index contributed by atoms with van der Waals surface area (Å²) in [7, 11) is 1.71. The van der Waals surface area contributed by atoms with Gasteiger partial charge in [-0.2, -0.15) is 0 Å². The summed E-state index contributed by atoms with van der Waals surface area (Å²) < 4.78 is 16.3. The van der Waals surface area contributed by atoms with Gasteiger partial charge in [0.1, 0.15) is 18.0 Å². The summed E-state index contributed by atoms with van der Waals surface area (Å²) >= 11 is 0. The highest BCUT2D eigenvalue weighted by Crippen LogP contribution is 2.19. The number of aromatic nitrogens is 1. The smallest absolute Gasteiger partial charge is 0.137 e. The molecule has 0 saturated carbocycles. The predicted molar refractivity (Wildman–Crippen MR) is 104 cm³/mol. The van der Waals surface area contributed by atoms with E-state index in [1.807, 2.05) is 39.1 Å². The third-order valence-electron chi connectivity index (χ3n) is 4.35. The highest BCUT2D eigenvalue weighted by molar-refractivity contribution is 5.76. The van der Waals surface area contributed by atoms with Crippen LogP contribution in [0.25, 0.3) is 11.0 Å². The van der Waals surface area contributed by atoms with E-state index in [9.17, 15) is 0 Å². The number of nitrogens with zero attached hydrogens (tertiary/aromatic N) is 1. The van der Waals surface area contributed by atoms with Crippen molar-refractivity contribution < 1.29 is 19.4 Å². The van der Waals surface area contributed by atoms with Gasteiger partial charge in [0.15, 0.2) is 0 Å². The average molecular weight is 367 g/mol. The highest BCUT2D eigenvalue weighted by Gasteiger charge is 2.12. The maximum absolute atomic E-state index is 5.72. The Morgan fingerprint density at radius 1 is 1.27 bits per heavy atom. The van der Waals surface area contributed by atoms with E-state index in [0.717, 1.165) is 48.8 Å². The zero-order valence-corrected chi connectivity index (χ0v) is 16.5. The topological polar surface area (TPSA) is 88.0 Å². The summed E-state index contributed by atoms with van der Waals surface area (Å²) in [5.74, 6) is 1.70. The number of nitrogens with one attached hydrogen (secondary N) is 1. The van der Waals surface area contributed by atoms with Crippen LogP contribution in [0.4, 0.5) is 0 Å². The van der Waals surface area contributed by atoms with Gasteiger partial charge in [0, 0.05) is 31.5 Å². The third kappa shape index (κ3) is 8.27. The first-order valence-electron chi connectivity index (χ1n) is 9.14. The number of ether oxygens (including phenoxy) is 2. The van der Waals surface area contributed by atoms with E-state index in [1.54, 1.807) is 13.3 Å². The highest BCUT2D eigenvalue weighted by atomic mass is 16.5. The molecule has 2 aromatic heterocycles. The monoisotopic (exact) mass is 366 g/mol. The van der Waals surface area contributed by atoms with Gasteiger partial charge in [-0.3, -0.25) is 4.98 Å². The first-order chi connectivity index (χ1) is 12.0. The van der Waals surface area contributed by atoms with Crippen LogP contribution < -0.4 is 5.32 Å². The van der Waals surface area contributed by atoms with Crippen molar-refractivity contribution in [3.63, 3.8) is 0 Å². The molecule has 6 heteroatoms. The average Bonchev–Trinajstić information content (AvgIpc) is 3.02. The lowest BCUT2D eigenvalue weighted by Crippen LogP contribution is -2.28. The van der Waals surface area contributed by atoms with Crippen LogP contribution in [0.3, 0.4) is 0 Å². The quantitative estimate of drug-likeness (QED) is 0.820. The van der Waals surface area contributed by atoms with Crippen molar-refractivity contribution in [1.82, 2.24) is 10.3 Å². The fourth-order valence-corrected chi connectivity index (χ4v) is 2.60. The van der Waals surface area contributed by atoms with Crippen molar-refractivity contribution in [3.05, 3.63) is 30.3 Å². The molecule has 2 aromatic rings. The van der Waals surface area contributed by atoms with Gasteiger partial charge in [-0.25, -0.2) is 0 Å². The lowest BCUT2D eigenvalue weighted by Gasteiger charge is -2.22. The number of furan rings is 1. The summed E-state index contributed by atoms with van der Waals surface area (Å²) in [6, 6.07) is 3.89. The fraction of sp³-hybridized carbons (Fsp3) is 0.650. The molecule has 1 fully saturated rings. The van der Waals surface area contributed by atoms with Crippen LogP contribution in [-0.4, -0.2) is 42.9 Å². The van der Waals surface area contributed by atoms with E-state index < -0.39 is 0 Å². The zero-order chi connectivity index (χ0) is 18.1. The molecule has 26 heavy (non-hydrogen) atoms. The number of fused-ring (bicyclic) bond motifs is 1. The summed E-state index contributed by atoms with van der Waals surface area (Å²) in [6.45, 7) is 9.75. The van der Waals surface area contributed by atoms with E-state index in [-0.39, 0.29) is 11.1 Å². The molecule has 0 atom stereocenters. The Labute approximate surface area is 156 Å². The fourth-order valence-electron chi connectivity index (χ4n) is 2.60. The van der Waals surface area contributed by atoms with Gasteiger partial charge in [-0.15, -0.1) is 0 Å². The molecule has 0 unspecified atom stereocenters. The maximum atomic E-state index is 5.72. The molecule has 148 valence electrons. The van der Waals surface area contributed by atoms with E-state index in [0.29, 0.717) is 6.61 Å². The third-order valence-corrected chi connectivity index (χ3v) is 4.35. The van der Waals surface area contributed by atoms with Crippen LogP contribution in [0, 0.1) is 5.92 Å². The summed E-state index contributed by atoms with van der Waals surface area (Å²) in [6.07, 6.45) is 7.27. The van der Waals surface area contributed by atoms with Gasteiger partial charge in [-0.05, 0) is 71.2 Å². The minimum absolute atomic E-state index is 0. The van der Waals surface area contributed by atoms with E-state index >= 15 is 0 Å². The number of methoxy groups -OCH3 is 1. The van der Waals surface area contributed by atoms with Crippen LogP contribution >= 0.6 is 0 Å². The van der Waals surface area contributed by atoms with Crippen molar-refractivity contribution in [2.24, 2.45) is 5.92 Å². The first kappa shape index (κ1) is 22.6. The maximum Gasteiger partial charge on any atom is 0.137 e. The van der Waals surface area contributed by atoms with Gasteiger partial charge < -0.3 is 24.7 Å². The molecule has 0 bridgehead atoms. The van der Waals surface area contributed by atoms with Crippen molar-refractivity contribution in [3.8, 4) is 0 Å². The Balaban J connectivity index is 0.000000422. The lowest BCUT2D eigenvalue weighted by atomic mass is 9.95. The van der Waals surface area contributed by atoms with Crippen LogP contribution in [0.1, 0.15) is 45.8 Å². The largest absolute Gasteiger partial charge is 0.458 e. The van der Waals surface area contributed by atoms with E-state index in [2.05, 4.69) is 10.3 Å². The Hall–Kier alpha value is -1.47. The van der Waals surface area contributed by atoms with Gasteiger partial charge in [0.05, 0.1) is 5.60 Å². The Morgan fingerprint density at radius 2 is 1.96 bits per heavy atom. The number of piperidine rings is 1. The normalized spacial score (nSPS) is 15.2. The van der Waals surface area contributed by atoms with Crippen molar-refractivity contribution >= 4 is 11.0 Å². The van der Waals surface area contributed by atoms with Gasteiger partial charge in [0.25, 0.3) is 0 Å². The minimum Gasteiger partial charge on any atom is -0.458 e. The second-order valence-electron chi connectivity index (χ2n) is 7.48. The van der Waals surface area contributed by atoms with Crippen LogP contribution in [0.15, 0.2) is 28.9 Å². The number of hydrogen-bond donors (Lipinski definition) is 1. The molecule has 1 aliphatic rings. The van der Waals surface area contributed by atoms with Crippen molar-refractivity contribution in [2.75, 3.05) is 26.8 Å². The zero-order valence-electron chi connectivity index (χ0n) is 16.5. The number of hydrogen-bond acceptors (Lipinski definition) is 5. The molecule has 0 radical (unpaired) electrons. The van der Waals surface area contributed by atoms with E-state index in [4.69, 9.17) is 13.9 Å². The van der Waals surface area contributed by atoms with Gasteiger partial charge in [0.2, 0.25) is 0 Å². The molecule has 3 heterocycles. The standard InChI is InChI=1S/C15H20N2O2.C5H12O.H2O/c1-5-16-6-2-12(1)4-8-18-11-14-9-13-10-17-7-3-15(13)19-14;1-5(2,3)6-4;/h3,7,9-10,12,16H,1-2,4-6,8,11H2;1-4H3;1H2. The Morgan fingerprint density at radius 3 is 2.58 bits per heavy atom. The molecule has 3 N–H and O–H groups in total. The summed E-state index contributed by atoms with van der Waals surface area (Å²) in [4.78, 5) is 4.08. The van der Waals surface area contributed by atoms with Crippen LogP contribution in [0.5, 0.6) is 0 Å². The molecule has 0 aliphatic carbocycles. The van der Waals surface area contributed by atoms with Crippen LogP contribution in [-0.2, 0) is 16.1 Å². The van der Waals surface area contributed by atoms with Gasteiger partial charge in [-0.1, -0.05) is 0 Å². The van der Waals surface area contributed by atoms with Gasteiger partial charge >= 0.3 is 0 Å². The predicted octanol–water partition coefficient (Wildman–Crippen LogP) is 3.34. The second-order valence-corrected chi connectivity index (χ2v) is 7.48. The van der Waals surface area contributed by atoms with Crippen molar-refractivity contribution in [1.29, 1.82) is 0 Å². The molecule has 1 saturated heterocycles. The van der Waals surface area contributed by atoms with Crippen molar-refractivity contribution in [2.45, 2.75) is 52.2 Å². The molecule has 1 aliphatic heterocycles. The Kier molecular flexibility index (Phi) is 9.80. The van der Waals surface area contributed by atoms with Crippen LogP contribution in [0.2, 0.25) is 0 Å². The Bertz CT molecular complexity index is 583. The number of pyridine rings is 1. The lowest BCUT2D eigenvalue weighted by molar-refractivity contribution is 0.0397. The molecule has 3 rings (SSSR count). The molecular formula is C20H34N2O4.